The number of nitrogens with zero attached hydrogens (tertiary/aromatic N) is 3. The highest BCUT2D eigenvalue weighted by molar-refractivity contribution is 6.00. The van der Waals surface area contributed by atoms with Crippen molar-refractivity contribution in [2.24, 2.45) is 7.05 Å². The molecule has 1 aliphatic rings. The molecule has 0 radical (unpaired) electrons. The number of aromatic nitrogens is 2. The molecule has 1 atom stereocenters. The highest BCUT2D eigenvalue weighted by Crippen LogP contribution is 2.21. The number of nitrogens with one attached hydrogen (secondary N) is 1. The van der Waals surface area contributed by atoms with Crippen LogP contribution < -0.4 is 10.1 Å². The van der Waals surface area contributed by atoms with Gasteiger partial charge in [0.1, 0.15) is 0 Å². The third kappa shape index (κ3) is 2.53. The van der Waals surface area contributed by atoms with Crippen molar-refractivity contribution in [2.45, 2.75) is 32.4 Å². The van der Waals surface area contributed by atoms with Crippen LogP contribution in [0.5, 0.6) is 5.88 Å². The Labute approximate surface area is 117 Å². The van der Waals surface area contributed by atoms with Gasteiger partial charge in [-0.15, -0.1) is 0 Å². The summed E-state index contributed by atoms with van der Waals surface area (Å²) in [5.41, 5.74) is 1.80. The maximum absolute atomic E-state index is 12.0. The van der Waals surface area contributed by atoms with Gasteiger partial charge in [-0.3, -0.25) is 14.5 Å². The number of hydrogen-bond donors (Lipinski definition) is 1. The van der Waals surface area contributed by atoms with Crippen molar-refractivity contribution < 1.29 is 14.3 Å². The molecule has 2 rings (SSSR count). The van der Waals surface area contributed by atoms with Crippen LogP contribution in [0.15, 0.2) is 0 Å². The lowest BCUT2D eigenvalue weighted by atomic mass is 10.0. The number of likely N-dealkylation sites (N-methyl/N-ethyl adjacent to an activating group) is 1. The fraction of sp³-hybridized carbons (Fsp3) is 0.615. The summed E-state index contributed by atoms with van der Waals surface area (Å²) in [6, 6.07) is -0.331. The summed E-state index contributed by atoms with van der Waals surface area (Å²) in [6.45, 7) is 2.39. The SMILES string of the molecule is COc1c(CNC2CCC(=O)N(C)C2=O)c(C)nn1C. The first kappa shape index (κ1) is 14.5. The number of imide groups is 1. The number of methoxy groups -OCH3 is 1. The normalized spacial score (nSPS) is 19.6. The molecule has 1 saturated heterocycles. The molecule has 0 bridgehead atoms. The Morgan fingerprint density at radius 3 is 2.75 bits per heavy atom. The zero-order valence-electron chi connectivity index (χ0n) is 12.3. The van der Waals surface area contributed by atoms with Crippen LogP contribution in [-0.4, -0.2) is 46.7 Å². The predicted octanol–water partition coefficient (Wildman–Crippen LogP) is -0.0259. The zero-order valence-corrected chi connectivity index (χ0v) is 12.3. The number of carbonyl (C=O) groups excluding carboxylic acids is 2. The first-order valence-electron chi connectivity index (χ1n) is 6.56. The third-order valence-electron chi connectivity index (χ3n) is 3.66. The lowest BCUT2D eigenvalue weighted by Gasteiger charge is -2.28. The van der Waals surface area contributed by atoms with E-state index in [-0.39, 0.29) is 17.9 Å². The summed E-state index contributed by atoms with van der Waals surface area (Å²) in [5, 5.41) is 7.48. The van der Waals surface area contributed by atoms with Gasteiger partial charge < -0.3 is 10.1 Å². The van der Waals surface area contributed by atoms with E-state index in [4.69, 9.17) is 4.74 Å². The van der Waals surface area contributed by atoms with E-state index in [2.05, 4.69) is 10.4 Å². The van der Waals surface area contributed by atoms with Gasteiger partial charge in [0.2, 0.25) is 17.7 Å². The fourth-order valence-corrected chi connectivity index (χ4v) is 2.47. The van der Waals surface area contributed by atoms with Gasteiger partial charge >= 0.3 is 0 Å². The molecule has 1 aromatic heterocycles. The first-order chi connectivity index (χ1) is 9.45. The van der Waals surface area contributed by atoms with Gasteiger partial charge in [-0.2, -0.15) is 5.10 Å². The first-order valence-corrected chi connectivity index (χ1v) is 6.56. The van der Waals surface area contributed by atoms with E-state index in [1.807, 2.05) is 14.0 Å². The average Bonchev–Trinajstić information content (AvgIpc) is 2.69. The van der Waals surface area contributed by atoms with Gasteiger partial charge in [-0.05, 0) is 13.3 Å². The molecule has 1 unspecified atom stereocenters. The number of rotatable bonds is 4. The van der Waals surface area contributed by atoms with Crippen molar-refractivity contribution in [1.29, 1.82) is 0 Å². The largest absolute Gasteiger partial charge is 0.481 e. The van der Waals surface area contributed by atoms with E-state index >= 15 is 0 Å². The highest BCUT2D eigenvalue weighted by atomic mass is 16.5. The Kier molecular flexibility index (Phi) is 4.08. The van der Waals surface area contributed by atoms with Gasteiger partial charge in [0.25, 0.3) is 0 Å². The third-order valence-corrected chi connectivity index (χ3v) is 3.66. The maximum Gasteiger partial charge on any atom is 0.246 e. The molecular weight excluding hydrogens is 260 g/mol. The second kappa shape index (κ2) is 5.62. The fourth-order valence-electron chi connectivity index (χ4n) is 2.47. The van der Waals surface area contributed by atoms with Gasteiger partial charge in [0, 0.05) is 27.1 Å². The van der Waals surface area contributed by atoms with E-state index < -0.39 is 0 Å². The molecule has 7 nitrogen and oxygen atoms in total. The van der Waals surface area contributed by atoms with Crippen molar-refractivity contribution >= 4 is 11.8 Å². The topological polar surface area (TPSA) is 76.5 Å². The summed E-state index contributed by atoms with van der Waals surface area (Å²) >= 11 is 0. The lowest BCUT2D eigenvalue weighted by Crippen LogP contribution is -2.51. The minimum absolute atomic E-state index is 0.122. The molecule has 1 aliphatic heterocycles. The quantitative estimate of drug-likeness (QED) is 0.784. The van der Waals surface area contributed by atoms with Crippen LogP contribution in [0.3, 0.4) is 0 Å². The molecule has 0 saturated carbocycles. The number of amides is 2. The van der Waals surface area contributed by atoms with Crippen LogP contribution in [0, 0.1) is 6.92 Å². The van der Waals surface area contributed by atoms with Gasteiger partial charge in [-0.1, -0.05) is 0 Å². The Morgan fingerprint density at radius 1 is 1.40 bits per heavy atom. The lowest BCUT2D eigenvalue weighted by molar-refractivity contribution is -0.148. The molecule has 7 heteroatoms. The molecule has 1 aromatic rings. The van der Waals surface area contributed by atoms with Crippen molar-refractivity contribution in [3.63, 3.8) is 0 Å². The minimum Gasteiger partial charge on any atom is -0.481 e. The number of piperidine rings is 1. The molecule has 2 heterocycles. The van der Waals surface area contributed by atoms with Crippen LogP contribution in [0.2, 0.25) is 0 Å². The number of likely N-dealkylation sites (tertiary alicyclic amines) is 1. The molecule has 1 N–H and O–H groups in total. The van der Waals surface area contributed by atoms with Crippen LogP contribution in [0.4, 0.5) is 0 Å². The summed E-state index contributed by atoms with van der Waals surface area (Å²) in [5.74, 6) is 0.382. The molecule has 0 aromatic carbocycles. The molecule has 0 aliphatic carbocycles. The van der Waals surface area contributed by atoms with E-state index in [1.54, 1.807) is 11.8 Å². The molecule has 20 heavy (non-hydrogen) atoms. The molecule has 1 fully saturated rings. The van der Waals surface area contributed by atoms with E-state index in [1.165, 1.54) is 11.9 Å². The van der Waals surface area contributed by atoms with E-state index in [0.717, 1.165) is 11.3 Å². The van der Waals surface area contributed by atoms with Crippen LogP contribution in [0.1, 0.15) is 24.1 Å². The van der Waals surface area contributed by atoms with Gasteiger partial charge in [0.05, 0.1) is 24.4 Å². The minimum atomic E-state index is -0.331. The van der Waals surface area contributed by atoms with Crippen LogP contribution >= 0.6 is 0 Å². The molecule has 110 valence electrons. The Bertz CT molecular complexity index is 538. The number of ether oxygens (including phenoxy) is 1. The summed E-state index contributed by atoms with van der Waals surface area (Å²) < 4.78 is 6.98. The number of aryl methyl sites for hydroxylation is 2. The van der Waals surface area contributed by atoms with Crippen LogP contribution in [0.25, 0.3) is 0 Å². The summed E-state index contributed by atoms with van der Waals surface area (Å²) in [4.78, 5) is 24.6. The monoisotopic (exact) mass is 280 g/mol. The molecular formula is C13H20N4O3. The highest BCUT2D eigenvalue weighted by Gasteiger charge is 2.31. The van der Waals surface area contributed by atoms with Gasteiger partial charge in [-0.25, -0.2) is 4.68 Å². The average molecular weight is 280 g/mol. The number of hydrogen-bond acceptors (Lipinski definition) is 5. The summed E-state index contributed by atoms with van der Waals surface area (Å²) in [7, 11) is 4.93. The Morgan fingerprint density at radius 2 is 2.10 bits per heavy atom. The zero-order chi connectivity index (χ0) is 14.9. The second-order valence-electron chi connectivity index (χ2n) is 4.96. The standard InChI is InChI=1S/C13H20N4O3/c1-8-9(13(20-4)17(3)15-8)7-14-10-5-6-11(18)16(2)12(10)19/h10,14H,5-7H2,1-4H3. The van der Waals surface area contributed by atoms with Crippen LogP contribution in [-0.2, 0) is 23.2 Å². The molecule has 2 amide bonds. The van der Waals surface area contributed by atoms with E-state index in [9.17, 15) is 9.59 Å². The van der Waals surface area contributed by atoms with E-state index in [0.29, 0.717) is 25.3 Å². The smallest absolute Gasteiger partial charge is 0.246 e. The van der Waals surface area contributed by atoms with Gasteiger partial charge in [0.15, 0.2) is 0 Å². The van der Waals surface area contributed by atoms with Crippen molar-refractivity contribution in [1.82, 2.24) is 20.0 Å². The Hall–Kier alpha value is -1.89. The summed E-state index contributed by atoms with van der Waals surface area (Å²) in [6.07, 6.45) is 0.923. The predicted molar refractivity (Wildman–Crippen MR) is 72.1 cm³/mol. The Balaban J connectivity index is 2.06. The van der Waals surface area contributed by atoms with Crippen molar-refractivity contribution in [2.75, 3.05) is 14.2 Å². The number of carbonyl (C=O) groups is 2. The van der Waals surface area contributed by atoms with Crippen molar-refractivity contribution in [3.8, 4) is 5.88 Å². The molecule has 0 spiro atoms. The second-order valence-corrected chi connectivity index (χ2v) is 4.96. The maximum atomic E-state index is 12.0. The van der Waals surface area contributed by atoms with Crippen molar-refractivity contribution in [3.05, 3.63) is 11.3 Å².